The number of piperidine rings is 2. The fourth-order valence-electron chi connectivity index (χ4n) is 6.94. The largest absolute Gasteiger partial charge is 0.370 e. The Labute approximate surface area is 251 Å². The quantitative estimate of drug-likeness (QED) is 0.450. The van der Waals surface area contributed by atoms with Crippen molar-refractivity contribution < 1.29 is 17.9 Å². The highest BCUT2D eigenvalue weighted by Gasteiger charge is 2.33. The molecule has 3 aliphatic heterocycles. The number of carbonyl (C=O) groups is 1. The van der Waals surface area contributed by atoms with Gasteiger partial charge in [0.05, 0.1) is 18.5 Å². The van der Waals surface area contributed by atoms with E-state index in [2.05, 4.69) is 41.1 Å². The lowest BCUT2D eigenvalue weighted by Crippen LogP contribution is -2.52. The summed E-state index contributed by atoms with van der Waals surface area (Å²) in [4.78, 5) is 27.4. The fourth-order valence-corrected chi connectivity index (χ4v) is 7.69. The first-order chi connectivity index (χ1) is 20.0. The number of hydrogen-bond acceptors (Lipinski definition) is 7. The van der Waals surface area contributed by atoms with E-state index in [1.807, 2.05) is 18.7 Å². The second-order valence-corrected chi connectivity index (χ2v) is 14.6. The lowest BCUT2D eigenvalue weighted by atomic mass is 9.97. The number of benzene rings is 1. The molecule has 10 heteroatoms. The van der Waals surface area contributed by atoms with Gasteiger partial charge in [0.2, 0.25) is 10.0 Å². The van der Waals surface area contributed by atoms with Crippen molar-refractivity contribution in [2.75, 3.05) is 39.5 Å². The highest BCUT2D eigenvalue weighted by Crippen LogP contribution is 2.35. The summed E-state index contributed by atoms with van der Waals surface area (Å²) in [6.07, 6.45) is 8.91. The van der Waals surface area contributed by atoms with Crippen LogP contribution in [0.1, 0.15) is 89.7 Å². The monoisotopic (exact) mass is 597 g/mol. The molecular formula is C32H47N5O4S. The Morgan fingerprint density at radius 2 is 1.71 bits per heavy atom. The molecule has 1 amide bonds. The van der Waals surface area contributed by atoms with Crippen LogP contribution in [0.5, 0.6) is 0 Å². The van der Waals surface area contributed by atoms with E-state index < -0.39 is 10.0 Å². The Bertz CT molecular complexity index is 1370. The minimum absolute atomic E-state index is 0.00260. The first-order valence-corrected chi connectivity index (χ1v) is 17.4. The van der Waals surface area contributed by atoms with Gasteiger partial charge in [-0.15, -0.1) is 0 Å². The Morgan fingerprint density at radius 1 is 1.00 bits per heavy atom. The predicted octanol–water partition coefficient (Wildman–Crippen LogP) is 4.22. The summed E-state index contributed by atoms with van der Waals surface area (Å²) in [7, 11) is -1.48. The molecule has 3 fully saturated rings. The third kappa shape index (κ3) is 7.21. The molecule has 0 N–H and O–H groups in total. The van der Waals surface area contributed by atoms with E-state index in [0.717, 1.165) is 75.7 Å². The number of aryl methyl sites for hydroxylation is 3. The Kier molecular flexibility index (Phi) is 9.66. The number of rotatable bonds is 8. The fraction of sp³-hybridized carbons (Fsp3) is 0.656. The lowest BCUT2D eigenvalue weighted by Gasteiger charge is -2.43. The molecule has 0 saturated carbocycles. The van der Waals surface area contributed by atoms with E-state index in [9.17, 15) is 13.2 Å². The second-order valence-electron chi connectivity index (χ2n) is 12.5. The average Bonchev–Trinajstić information content (AvgIpc) is 3.45. The van der Waals surface area contributed by atoms with Crippen molar-refractivity contribution in [2.24, 2.45) is 0 Å². The number of hydrogen-bond donors (Lipinski definition) is 0. The van der Waals surface area contributed by atoms with Crippen LogP contribution in [0.4, 0.5) is 0 Å². The third-order valence-electron chi connectivity index (χ3n) is 9.59. The SMILES string of the molecule is Cc1cccc(C2CCC(CCc3nc(C)nc(C(=O)N4CCC(N5CCC(N(C)S(C)(=O)=O)CC5)CC4)c3C)O2)c1. The molecule has 0 aliphatic carbocycles. The van der Waals surface area contributed by atoms with Crippen molar-refractivity contribution in [3.05, 3.63) is 58.2 Å². The number of nitrogens with zero attached hydrogens (tertiary/aromatic N) is 5. The molecule has 5 rings (SSSR count). The van der Waals surface area contributed by atoms with Crippen LogP contribution < -0.4 is 0 Å². The maximum atomic E-state index is 13.6. The van der Waals surface area contributed by atoms with Crippen LogP contribution in [0.2, 0.25) is 0 Å². The van der Waals surface area contributed by atoms with Gasteiger partial charge in [0.1, 0.15) is 11.5 Å². The zero-order valence-electron chi connectivity index (χ0n) is 25.9. The maximum Gasteiger partial charge on any atom is 0.272 e. The summed E-state index contributed by atoms with van der Waals surface area (Å²) in [5.41, 5.74) is 4.88. The third-order valence-corrected chi connectivity index (χ3v) is 10.9. The first-order valence-electron chi connectivity index (χ1n) is 15.5. The second kappa shape index (κ2) is 13.1. The highest BCUT2D eigenvalue weighted by atomic mass is 32.2. The molecule has 0 spiro atoms. The minimum Gasteiger partial charge on any atom is -0.370 e. The van der Waals surface area contributed by atoms with Gasteiger partial charge in [0.15, 0.2) is 0 Å². The molecule has 0 radical (unpaired) electrons. The molecule has 1 aromatic carbocycles. The zero-order valence-corrected chi connectivity index (χ0v) is 26.7. The summed E-state index contributed by atoms with van der Waals surface area (Å²) in [5.74, 6) is 0.642. The van der Waals surface area contributed by atoms with Gasteiger partial charge in [-0.3, -0.25) is 4.79 Å². The van der Waals surface area contributed by atoms with Gasteiger partial charge >= 0.3 is 0 Å². The van der Waals surface area contributed by atoms with E-state index in [0.29, 0.717) is 30.6 Å². The van der Waals surface area contributed by atoms with Crippen LogP contribution in [0.15, 0.2) is 24.3 Å². The van der Waals surface area contributed by atoms with E-state index in [1.54, 1.807) is 7.05 Å². The molecule has 3 aliphatic rings. The number of carbonyl (C=O) groups excluding carboxylic acids is 1. The van der Waals surface area contributed by atoms with Crippen molar-refractivity contribution in [2.45, 2.75) is 96.4 Å². The van der Waals surface area contributed by atoms with Gasteiger partial charge < -0.3 is 14.5 Å². The molecular weight excluding hydrogens is 550 g/mol. The molecule has 4 heterocycles. The van der Waals surface area contributed by atoms with Crippen LogP contribution in [-0.2, 0) is 21.2 Å². The van der Waals surface area contributed by atoms with E-state index in [4.69, 9.17) is 9.72 Å². The van der Waals surface area contributed by atoms with Crippen molar-refractivity contribution in [1.82, 2.24) is 24.1 Å². The van der Waals surface area contributed by atoms with E-state index in [1.165, 1.54) is 21.7 Å². The molecule has 3 saturated heterocycles. The molecule has 2 atom stereocenters. The Balaban J connectivity index is 1.13. The van der Waals surface area contributed by atoms with E-state index >= 15 is 0 Å². The van der Waals surface area contributed by atoms with Crippen LogP contribution in [-0.4, -0.2) is 96.1 Å². The van der Waals surface area contributed by atoms with Gasteiger partial charge in [-0.2, -0.15) is 0 Å². The van der Waals surface area contributed by atoms with Crippen LogP contribution >= 0.6 is 0 Å². The Hall–Kier alpha value is -2.40. The lowest BCUT2D eigenvalue weighted by molar-refractivity contribution is 0.0400. The molecule has 0 bridgehead atoms. The molecule has 230 valence electrons. The smallest absolute Gasteiger partial charge is 0.272 e. The van der Waals surface area contributed by atoms with Gasteiger partial charge in [0.25, 0.3) is 5.91 Å². The summed E-state index contributed by atoms with van der Waals surface area (Å²) >= 11 is 0. The number of ether oxygens (including phenoxy) is 1. The van der Waals surface area contributed by atoms with Crippen LogP contribution in [0.3, 0.4) is 0 Å². The van der Waals surface area contributed by atoms with Crippen molar-refractivity contribution in [3.8, 4) is 0 Å². The normalized spacial score (nSPS) is 23.1. The van der Waals surface area contributed by atoms with Crippen molar-refractivity contribution >= 4 is 15.9 Å². The van der Waals surface area contributed by atoms with Crippen LogP contribution in [0.25, 0.3) is 0 Å². The molecule has 1 aromatic heterocycles. The zero-order chi connectivity index (χ0) is 30.0. The van der Waals surface area contributed by atoms with E-state index in [-0.39, 0.29) is 24.2 Å². The topological polar surface area (TPSA) is 95.9 Å². The molecule has 2 aromatic rings. The molecule has 2 unspecified atom stereocenters. The number of sulfonamides is 1. The van der Waals surface area contributed by atoms with Gasteiger partial charge in [0, 0.05) is 43.5 Å². The number of aromatic nitrogens is 2. The molecule has 42 heavy (non-hydrogen) atoms. The predicted molar refractivity (Wildman–Crippen MR) is 164 cm³/mol. The summed E-state index contributed by atoms with van der Waals surface area (Å²) in [5, 5.41) is 0. The Morgan fingerprint density at radius 3 is 2.38 bits per heavy atom. The minimum atomic E-state index is -3.17. The first kappa shape index (κ1) is 31.0. The summed E-state index contributed by atoms with van der Waals surface area (Å²) < 4.78 is 31.8. The summed E-state index contributed by atoms with van der Waals surface area (Å²) in [6, 6.07) is 9.09. The van der Waals surface area contributed by atoms with Crippen molar-refractivity contribution in [1.29, 1.82) is 0 Å². The van der Waals surface area contributed by atoms with Crippen molar-refractivity contribution in [3.63, 3.8) is 0 Å². The molecule has 9 nitrogen and oxygen atoms in total. The van der Waals surface area contributed by atoms with Gasteiger partial charge in [-0.1, -0.05) is 29.8 Å². The summed E-state index contributed by atoms with van der Waals surface area (Å²) in [6.45, 7) is 9.18. The number of likely N-dealkylation sites (tertiary alicyclic amines) is 2. The highest BCUT2D eigenvalue weighted by molar-refractivity contribution is 7.88. The van der Waals surface area contributed by atoms with Gasteiger partial charge in [-0.05, 0) is 90.8 Å². The van der Waals surface area contributed by atoms with Gasteiger partial charge in [-0.25, -0.2) is 22.7 Å². The average molecular weight is 598 g/mol. The maximum absolute atomic E-state index is 13.6. The number of amides is 1. The standard InChI is InChI=1S/C32H47N5O4S/c1-22-7-6-8-25(21-22)30-12-10-28(41-30)9-11-29-23(2)31(34-24(3)33-29)32(38)37-19-15-27(16-20-37)36-17-13-26(14-18-36)35(4)42(5,39)40/h6-8,21,26-28,30H,9-20H2,1-5H3. The van der Waals surface area contributed by atoms with Crippen LogP contribution in [0, 0.1) is 20.8 Å².